The summed E-state index contributed by atoms with van der Waals surface area (Å²) in [5.74, 6) is 0. The van der Waals surface area contributed by atoms with Crippen LogP contribution in [-0.4, -0.2) is 22.6 Å². The average molecular weight is 820 g/mol. The second-order valence-corrected chi connectivity index (χ2v) is 24.6. The Morgan fingerprint density at radius 1 is 0.628 bits per heavy atom. The molecule has 0 amide bonds. The summed E-state index contributed by atoms with van der Waals surface area (Å²) >= 11 is -1.20. The molecule has 43 heavy (non-hydrogen) atoms. The molecule has 6 rings (SSSR count). The van der Waals surface area contributed by atoms with Gasteiger partial charge in [0.1, 0.15) is 0 Å². The quantitative estimate of drug-likeness (QED) is 0.190. The summed E-state index contributed by atoms with van der Waals surface area (Å²) in [6, 6.07) is 19.3. The van der Waals surface area contributed by atoms with Crippen LogP contribution in [0.1, 0.15) is 134 Å². The summed E-state index contributed by atoms with van der Waals surface area (Å²) in [7, 11) is -0.152. The van der Waals surface area contributed by atoms with E-state index in [0.29, 0.717) is 0 Å². The van der Waals surface area contributed by atoms with Crippen LogP contribution in [0.4, 0.5) is 0 Å². The summed E-state index contributed by atoms with van der Waals surface area (Å²) < 4.78 is 1.57. The number of fused-ring (bicyclic) bond motifs is 2. The van der Waals surface area contributed by atoms with Gasteiger partial charge in [0, 0.05) is 0 Å². The molecule has 0 saturated heterocycles. The third-order valence-corrected chi connectivity index (χ3v) is 26.6. The average Bonchev–Trinajstić information content (AvgIpc) is 3.56. The van der Waals surface area contributed by atoms with Crippen molar-refractivity contribution in [2.75, 3.05) is 0 Å². The van der Waals surface area contributed by atoms with Gasteiger partial charge in [0.25, 0.3) is 0 Å². The molecule has 4 aliphatic carbocycles. The summed E-state index contributed by atoms with van der Waals surface area (Å²) in [5, 5.41) is 3.92. The van der Waals surface area contributed by atoms with Gasteiger partial charge in [0.2, 0.25) is 0 Å². The van der Waals surface area contributed by atoms with E-state index in [2.05, 4.69) is 88.4 Å². The Bertz CT molecular complexity index is 1220. The minimum Gasteiger partial charge on any atom is -1.00 e. The molecule has 4 aliphatic rings. The van der Waals surface area contributed by atoms with Gasteiger partial charge in [0.15, 0.2) is 0 Å². The molecule has 2 fully saturated rings. The van der Waals surface area contributed by atoms with Gasteiger partial charge in [-0.2, -0.15) is 0 Å². The fourth-order valence-corrected chi connectivity index (χ4v) is 26.4. The fourth-order valence-electron chi connectivity index (χ4n) is 8.35. The van der Waals surface area contributed by atoms with Gasteiger partial charge in [-0.15, -0.1) is 0 Å². The molecule has 0 bridgehead atoms. The van der Waals surface area contributed by atoms with Crippen molar-refractivity contribution in [2.24, 2.45) is 0 Å². The van der Waals surface area contributed by atoms with E-state index in [1.807, 2.05) is 10.6 Å². The van der Waals surface area contributed by atoms with Crippen LogP contribution in [-0.2, 0) is 22.9 Å². The van der Waals surface area contributed by atoms with Crippen molar-refractivity contribution in [2.45, 2.75) is 135 Å². The van der Waals surface area contributed by atoms with Gasteiger partial charge in [-0.1, -0.05) is 0 Å². The summed E-state index contributed by atoms with van der Waals surface area (Å²) in [6.45, 7) is 10.0. The molecule has 0 aromatic heterocycles. The van der Waals surface area contributed by atoms with Crippen molar-refractivity contribution in [3.63, 3.8) is 0 Å². The SMILES string of the molecule is CCC(C)P(C1=Cc2ccccc2[CH]1[Hf+2][CH]1C(P(C2CCCCC2)C2CCCCC2)=Cc2ccccc21)C(C)CC.[Cl-].[Cl-]. The van der Waals surface area contributed by atoms with Crippen molar-refractivity contribution in [3.8, 4) is 0 Å². The van der Waals surface area contributed by atoms with E-state index in [1.165, 1.54) is 77.0 Å². The van der Waals surface area contributed by atoms with E-state index in [0.717, 1.165) is 30.0 Å². The third-order valence-electron chi connectivity index (χ3n) is 10.8. The number of hydrogen-bond acceptors (Lipinski definition) is 0. The van der Waals surface area contributed by atoms with Gasteiger partial charge in [-0.3, -0.25) is 0 Å². The standard InChI is InChI=1S/C21H28P.C17H24P.2ClH.Hf/c1-3-11-19(12-4-1)22(20-13-5-2-6-14-20)21-15-17-9-7-8-10-18(17)16-21;1-5-13(3)18(14(4)6-2)17-11-15-9-7-8-10-16(15)12-17;;;/h7-10,15-16,19-20H,1-6,11-14H2;7-14H,5-6H2,1-4H3;2*1H;/q;;;;+2/p-2. The molecule has 232 valence electrons. The van der Waals surface area contributed by atoms with Crippen LogP contribution in [0.5, 0.6) is 0 Å². The van der Waals surface area contributed by atoms with Crippen molar-refractivity contribution in [3.05, 3.63) is 81.4 Å². The Kier molecular flexibility index (Phi) is 14.2. The Hall–Kier alpha value is 0.230. The van der Waals surface area contributed by atoms with Crippen molar-refractivity contribution in [1.29, 1.82) is 0 Å². The Morgan fingerprint density at radius 2 is 1.05 bits per heavy atom. The molecule has 0 nitrogen and oxygen atoms in total. The molecule has 0 heterocycles. The van der Waals surface area contributed by atoms with Gasteiger partial charge < -0.3 is 24.8 Å². The number of allylic oxidation sites excluding steroid dienone is 2. The second kappa shape index (κ2) is 16.9. The number of benzene rings is 2. The molecule has 2 aromatic carbocycles. The minimum absolute atomic E-state index is 0. The van der Waals surface area contributed by atoms with E-state index >= 15 is 0 Å². The molecule has 5 heteroatoms. The first-order chi connectivity index (χ1) is 20.1. The molecule has 2 saturated carbocycles. The fraction of sp³-hybridized carbons (Fsp3) is 0.579. The maximum Gasteiger partial charge on any atom is -1.00 e. The normalized spacial score (nSPS) is 24.0. The maximum absolute atomic E-state index is 2.80. The summed E-state index contributed by atoms with van der Waals surface area (Å²) in [4.78, 5) is 0. The topological polar surface area (TPSA) is 0 Å². The molecule has 0 spiro atoms. The van der Waals surface area contributed by atoms with E-state index in [1.54, 1.807) is 22.3 Å². The van der Waals surface area contributed by atoms with Crippen molar-refractivity contribution < 1.29 is 47.7 Å². The smallest absolute Gasteiger partial charge is 1.00 e. The molecular formula is C38H52Cl2HfP2. The van der Waals surface area contributed by atoms with E-state index in [4.69, 9.17) is 0 Å². The van der Waals surface area contributed by atoms with Crippen LogP contribution in [0.3, 0.4) is 0 Å². The zero-order valence-corrected chi connectivity index (χ0v) is 33.8. The van der Waals surface area contributed by atoms with Crippen LogP contribution in [0.2, 0.25) is 0 Å². The van der Waals surface area contributed by atoms with Crippen molar-refractivity contribution >= 4 is 28.0 Å². The first-order valence-electron chi connectivity index (χ1n) is 17.0. The Labute approximate surface area is 289 Å². The molecule has 0 radical (unpaired) electrons. The predicted octanol–water partition coefficient (Wildman–Crippen LogP) is 6.49. The number of rotatable bonds is 10. The van der Waals surface area contributed by atoms with E-state index in [-0.39, 0.29) is 40.7 Å². The van der Waals surface area contributed by atoms with Crippen LogP contribution in [0.25, 0.3) is 12.2 Å². The predicted molar refractivity (Wildman–Crippen MR) is 181 cm³/mol. The van der Waals surface area contributed by atoms with Gasteiger partial charge in [-0.25, -0.2) is 0 Å². The number of hydrogen-bond donors (Lipinski definition) is 0. The van der Waals surface area contributed by atoms with Gasteiger partial charge >= 0.3 is 267 Å². The van der Waals surface area contributed by atoms with Gasteiger partial charge in [-0.05, 0) is 0 Å². The third kappa shape index (κ3) is 7.70. The number of halogens is 2. The van der Waals surface area contributed by atoms with Crippen molar-refractivity contribution in [1.82, 2.24) is 0 Å². The molecule has 0 aliphatic heterocycles. The monoisotopic (exact) mass is 820 g/mol. The van der Waals surface area contributed by atoms with Crippen LogP contribution in [0.15, 0.2) is 59.2 Å². The Balaban J connectivity index is 0.00000212. The first kappa shape index (κ1) is 36.1. The zero-order chi connectivity index (χ0) is 28.3. The van der Waals surface area contributed by atoms with E-state index in [9.17, 15) is 0 Å². The van der Waals surface area contributed by atoms with Crippen LogP contribution >= 0.6 is 15.8 Å². The minimum atomic E-state index is -1.20. The maximum atomic E-state index is 2.80. The molecule has 4 atom stereocenters. The molecule has 4 unspecified atom stereocenters. The van der Waals surface area contributed by atoms with Crippen LogP contribution < -0.4 is 24.8 Å². The summed E-state index contributed by atoms with van der Waals surface area (Å²) in [6.07, 6.45) is 23.1. The van der Waals surface area contributed by atoms with Gasteiger partial charge in [0.05, 0.1) is 0 Å². The first-order valence-corrected chi connectivity index (χ1v) is 24.1. The summed E-state index contributed by atoms with van der Waals surface area (Å²) in [5.41, 5.74) is 10.3. The van der Waals surface area contributed by atoms with Crippen LogP contribution in [0, 0.1) is 0 Å². The zero-order valence-electron chi connectivity index (χ0n) is 26.9. The largest absolute Gasteiger partial charge is 1.00 e. The molecule has 2 aromatic rings. The second-order valence-electron chi connectivity index (χ2n) is 13.3. The molecule has 0 N–H and O–H groups in total. The Morgan fingerprint density at radius 3 is 1.51 bits per heavy atom. The van der Waals surface area contributed by atoms with E-state index < -0.39 is 22.9 Å². The molecular weight excluding hydrogens is 768 g/mol.